The summed E-state index contributed by atoms with van der Waals surface area (Å²) in [5.74, 6) is 0.829. The highest BCUT2D eigenvalue weighted by molar-refractivity contribution is 6.04. The van der Waals surface area contributed by atoms with Gasteiger partial charge in [-0.05, 0) is 57.2 Å². The number of rotatable bonds is 3. The van der Waals surface area contributed by atoms with E-state index in [9.17, 15) is 4.79 Å². The number of aromatic nitrogens is 2. The molecule has 2 aliphatic rings. The van der Waals surface area contributed by atoms with Crippen LogP contribution in [0.2, 0.25) is 0 Å². The van der Waals surface area contributed by atoms with Crippen molar-refractivity contribution in [3.05, 3.63) is 30.0 Å². The minimum absolute atomic E-state index is 0.0959. The molecule has 0 bridgehead atoms. The average Bonchev–Trinajstić information content (AvgIpc) is 3.18. The van der Waals surface area contributed by atoms with Crippen molar-refractivity contribution in [1.82, 2.24) is 19.6 Å². The van der Waals surface area contributed by atoms with Crippen molar-refractivity contribution < 1.29 is 4.79 Å². The van der Waals surface area contributed by atoms with Gasteiger partial charge in [-0.15, -0.1) is 0 Å². The van der Waals surface area contributed by atoms with E-state index in [1.54, 1.807) is 0 Å². The summed E-state index contributed by atoms with van der Waals surface area (Å²) in [5, 5.41) is 5.48. The number of para-hydroxylation sites is 1. The molecule has 2 saturated heterocycles. The van der Waals surface area contributed by atoms with Crippen LogP contribution >= 0.6 is 0 Å². The molecule has 4 rings (SSSR count). The highest BCUT2D eigenvalue weighted by atomic mass is 16.2. The van der Waals surface area contributed by atoms with Crippen molar-refractivity contribution >= 4 is 16.8 Å². The summed E-state index contributed by atoms with van der Waals surface area (Å²) in [4.78, 5) is 17.7. The molecule has 0 radical (unpaired) electrons. The summed E-state index contributed by atoms with van der Waals surface area (Å²) in [6.45, 7) is 5.47. The lowest BCUT2D eigenvalue weighted by Crippen LogP contribution is -2.33. The molecule has 5 heteroatoms. The van der Waals surface area contributed by atoms with Crippen LogP contribution in [-0.2, 0) is 7.05 Å². The van der Waals surface area contributed by atoms with E-state index in [-0.39, 0.29) is 5.91 Å². The Morgan fingerprint density at radius 1 is 1.08 bits per heavy atom. The fourth-order valence-electron chi connectivity index (χ4n) is 4.40. The molecule has 0 aliphatic carbocycles. The van der Waals surface area contributed by atoms with E-state index in [2.05, 4.69) is 10.00 Å². The zero-order valence-electron chi connectivity index (χ0n) is 15.2. The Morgan fingerprint density at radius 3 is 2.72 bits per heavy atom. The Kier molecular flexibility index (Phi) is 4.75. The van der Waals surface area contributed by atoms with Crippen molar-refractivity contribution in [2.75, 3.05) is 32.7 Å². The van der Waals surface area contributed by atoms with E-state index in [0.717, 1.165) is 42.8 Å². The van der Waals surface area contributed by atoms with Gasteiger partial charge in [0.05, 0.1) is 5.52 Å². The maximum atomic E-state index is 13.1. The number of hydrogen-bond acceptors (Lipinski definition) is 3. The van der Waals surface area contributed by atoms with Gasteiger partial charge in [-0.2, -0.15) is 5.10 Å². The van der Waals surface area contributed by atoms with Crippen LogP contribution in [0.1, 0.15) is 42.6 Å². The second-order valence-electron chi connectivity index (χ2n) is 7.59. The van der Waals surface area contributed by atoms with Gasteiger partial charge in [0.2, 0.25) is 0 Å². The number of amides is 1. The first-order valence-electron chi connectivity index (χ1n) is 9.66. The SMILES string of the molecule is Cn1nc(C(=O)N2CCCC(CN3CCCC3)CC2)c2ccccc21. The van der Waals surface area contributed by atoms with E-state index in [1.165, 1.54) is 38.9 Å². The van der Waals surface area contributed by atoms with Gasteiger partial charge in [-0.3, -0.25) is 9.48 Å². The predicted octanol–water partition coefficient (Wildman–Crippen LogP) is 2.91. The van der Waals surface area contributed by atoms with Crippen molar-refractivity contribution in [1.29, 1.82) is 0 Å². The van der Waals surface area contributed by atoms with Crippen LogP contribution in [0.5, 0.6) is 0 Å². The Hall–Kier alpha value is -1.88. The maximum Gasteiger partial charge on any atom is 0.274 e. The van der Waals surface area contributed by atoms with Gasteiger partial charge < -0.3 is 9.80 Å². The summed E-state index contributed by atoms with van der Waals surface area (Å²) in [6.07, 6.45) is 6.17. The summed E-state index contributed by atoms with van der Waals surface area (Å²) in [6, 6.07) is 8.00. The van der Waals surface area contributed by atoms with Gasteiger partial charge in [0.25, 0.3) is 5.91 Å². The fourth-order valence-corrected chi connectivity index (χ4v) is 4.40. The monoisotopic (exact) mass is 340 g/mol. The van der Waals surface area contributed by atoms with Crippen molar-refractivity contribution in [3.8, 4) is 0 Å². The second-order valence-corrected chi connectivity index (χ2v) is 7.59. The van der Waals surface area contributed by atoms with E-state index < -0.39 is 0 Å². The van der Waals surface area contributed by atoms with Gasteiger partial charge >= 0.3 is 0 Å². The molecule has 3 heterocycles. The first-order valence-corrected chi connectivity index (χ1v) is 9.66. The topological polar surface area (TPSA) is 41.4 Å². The predicted molar refractivity (Wildman–Crippen MR) is 99.6 cm³/mol. The lowest BCUT2D eigenvalue weighted by atomic mass is 10.0. The third-order valence-electron chi connectivity index (χ3n) is 5.81. The quantitative estimate of drug-likeness (QED) is 0.863. The van der Waals surface area contributed by atoms with Crippen LogP contribution in [0.15, 0.2) is 24.3 Å². The van der Waals surface area contributed by atoms with Gasteiger partial charge in [0.1, 0.15) is 0 Å². The van der Waals surface area contributed by atoms with Crippen LogP contribution in [0.3, 0.4) is 0 Å². The summed E-state index contributed by atoms with van der Waals surface area (Å²) >= 11 is 0. The molecule has 25 heavy (non-hydrogen) atoms. The lowest BCUT2D eigenvalue weighted by molar-refractivity contribution is 0.0754. The van der Waals surface area contributed by atoms with Crippen molar-refractivity contribution in [2.45, 2.75) is 32.1 Å². The van der Waals surface area contributed by atoms with Crippen molar-refractivity contribution in [3.63, 3.8) is 0 Å². The van der Waals surface area contributed by atoms with Crippen LogP contribution < -0.4 is 0 Å². The zero-order valence-corrected chi connectivity index (χ0v) is 15.2. The standard InChI is InChI=1S/C20H28N4O/c1-22-18-9-3-2-8-17(18)19(21-22)20(25)24-13-6-7-16(10-14-24)15-23-11-4-5-12-23/h2-3,8-9,16H,4-7,10-15H2,1H3. The maximum absolute atomic E-state index is 13.1. The molecule has 1 unspecified atom stereocenters. The highest BCUT2D eigenvalue weighted by Crippen LogP contribution is 2.24. The molecule has 2 fully saturated rings. The molecule has 1 amide bonds. The first-order chi connectivity index (χ1) is 12.2. The molecular formula is C20H28N4O. The van der Waals surface area contributed by atoms with Gasteiger partial charge in [-0.25, -0.2) is 0 Å². The van der Waals surface area contributed by atoms with E-state index in [4.69, 9.17) is 0 Å². The van der Waals surface area contributed by atoms with E-state index >= 15 is 0 Å². The molecule has 2 aliphatic heterocycles. The number of benzene rings is 1. The average molecular weight is 340 g/mol. The molecule has 1 atom stereocenters. The molecule has 0 saturated carbocycles. The Bertz CT molecular complexity index is 747. The number of carbonyl (C=O) groups is 1. The molecule has 0 spiro atoms. The van der Waals surface area contributed by atoms with Gasteiger partial charge in [0.15, 0.2) is 5.69 Å². The van der Waals surface area contributed by atoms with Crippen LogP contribution in [0, 0.1) is 5.92 Å². The number of nitrogens with zero attached hydrogens (tertiary/aromatic N) is 4. The molecule has 134 valence electrons. The minimum Gasteiger partial charge on any atom is -0.337 e. The Morgan fingerprint density at radius 2 is 1.88 bits per heavy atom. The molecule has 2 aromatic rings. The molecule has 1 aromatic heterocycles. The normalized spacial score (nSPS) is 22.4. The number of aryl methyl sites for hydroxylation is 1. The third-order valence-corrected chi connectivity index (χ3v) is 5.81. The second kappa shape index (κ2) is 7.16. The molecular weight excluding hydrogens is 312 g/mol. The number of likely N-dealkylation sites (tertiary alicyclic amines) is 2. The van der Waals surface area contributed by atoms with Gasteiger partial charge in [0, 0.05) is 32.1 Å². The van der Waals surface area contributed by atoms with E-state index in [1.807, 2.05) is 40.9 Å². The molecule has 0 N–H and O–H groups in total. The summed E-state index contributed by atoms with van der Waals surface area (Å²) < 4.78 is 1.82. The number of fused-ring (bicyclic) bond motifs is 1. The lowest BCUT2D eigenvalue weighted by Gasteiger charge is -2.22. The van der Waals surface area contributed by atoms with Crippen molar-refractivity contribution in [2.24, 2.45) is 13.0 Å². The van der Waals surface area contributed by atoms with Crippen LogP contribution in [0.25, 0.3) is 10.9 Å². The summed E-state index contributed by atoms with van der Waals surface area (Å²) in [7, 11) is 1.91. The smallest absolute Gasteiger partial charge is 0.274 e. The number of hydrogen-bond donors (Lipinski definition) is 0. The van der Waals surface area contributed by atoms with Gasteiger partial charge in [-0.1, -0.05) is 18.2 Å². The fraction of sp³-hybridized carbons (Fsp3) is 0.600. The molecule has 5 nitrogen and oxygen atoms in total. The highest BCUT2D eigenvalue weighted by Gasteiger charge is 2.26. The Balaban J connectivity index is 1.45. The Labute approximate surface area is 149 Å². The first kappa shape index (κ1) is 16.6. The zero-order chi connectivity index (χ0) is 17.2. The molecule has 1 aromatic carbocycles. The van der Waals surface area contributed by atoms with Crippen LogP contribution in [-0.4, -0.2) is 58.2 Å². The largest absolute Gasteiger partial charge is 0.337 e. The van der Waals surface area contributed by atoms with Crippen LogP contribution in [0.4, 0.5) is 0 Å². The minimum atomic E-state index is 0.0959. The van der Waals surface area contributed by atoms with E-state index in [0.29, 0.717) is 5.69 Å². The number of carbonyl (C=O) groups excluding carboxylic acids is 1. The summed E-state index contributed by atoms with van der Waals surface area (Å²) in [5.41, 5.74) is 1.63. The third kappa shape index (κ3) is 3.43.